The summed E-state index contributed by atoms with van der Waals surface area (Å²) >= 11 is 0. The van der Waals surface area contributed by atoms with Crippen LogP contribution in [-0.2, 0) is 16.3 Å². The number of nitrogens with two attached hydrogens (primary N) is 1. The first kappa shape index (κ1) is 9.97. The van der Waals surface area contributed by atoms with Gasteiger partial charge in [-0.1, -0.05) is 0 Å². The minimum atomic E-state index is -3.33. The number of hydrogen-bond acceptors (Lipinski definition) is 4. The number of nitrogen functional groups attached to an aromatic ring is 1. The Morgan fingerprint density at radius 1 is 1.40 bits per heavy atom. The lowest BCUT2D eigenvalue weighted by molar-refractivity contribution is 0.0696. The Labute approximate surface area is 86.4 Å². The van der Waals surface area contributed by atoms with Gasteiger partial charge in [-0.25, -0.2) is 13.2 Å². The smallest absolute Gasteiger partial charge is 0.335 e. The number of sulfone groups is 1. The molecule has 0 radical (unpaired) electrons. The van der Waals surface area contributed by atoms with Crippen LogP contribution in [0, 0.1) is 0 Å². The van der Waals surface area contributed by atoms with Crippen LogP contribution in [0.2, 0.25) is 0 Å². The fourth-order valence-corrected chi connectivity index (χ4v) is 3.28. The third-order valence-corrected chi connectivity index (χ3v) is 4.22. The Kier molecular flexibility index (Phi) is 1.97. The second-order valence-corrected chi connectivity index (χ2v) is 5.49. The zero-order valence-corrected chi connectivity index (χ0v) is 8.54. The number of anilines is 1. The van der Waals surface area contributed by atoms with E-state index >= 15 is 0 Å². The van der Waals surface area contributed by atoms with E-state index in [-0.39, 0.29) is 21.9 Å². The number of hydrogen-bond donors (Lipinski definition) is 2. The van der Waals surface area contributed by atoms with Gasteiger partial charge in [-0.3, -0.25) is 0 Å². The molecule has 0 spiro atoms. The molecule has 0 fully saturated rings. The van der Waals surface area contributed by atoms with Gasteiger partial charge < -0.3 is 10.8 Å². The van der Waals surface area contributed by atoms with Crippen molar-refractivity contribution in [1.82, 2.24) is 0 Å². The van der Waals surface area contributed by atoms with Gasteiger partial charge >= 0.3 is 5.97 Å². The van der Waals surface area contributed by atoms with E-state index in [2.05, 4.69) is 0 Å². The molecule has 2 rings (SSSR count). The van der Waals surface area contributed by atoms with Gasteiger partial charge in [0.1, 0.15) is 0 Å². The fourth-order valence-electron chi connectivity index (χ4n) is 1.68. The largest absolute Gasteiger partial charge is 0.478 e. The van der Waals surface area contributed by atoms with Crippen LogP contribution in [0.4, 0.5) is 5.69 Å². The van der Waals surface area contributed by atoms with Crippen molar-refractivity contribution < 1.29 is 18.3 Å². The average molecular weight is 227 g/mol. The molecule has 15 heavy (non-hydrogen) atoms. The van der Waals surface area contributed by atoms with Gasteiger partial charge in [0, 0.05) is 5.69 Å². The molecule has 1 aliphatic heterocycles. The SMILES string of the molecule is Nc1cc(C(=O)O)cc2c1CCS2(=O)=O. The van der Waals surface area contributed by atoms with Gasteiger partial charge in [0.2, 0.25) is 0 Å². The summed E-state index contributed by atoms with van der Waals surface area (Å²) in [5, 5.41) is 8.76. The Hall–Kier alpha value is -1.56. The van der Waals surface area contributed by atoms with E-state index in [0.717, 1.165) is 0 Å². The zero-order valence-electron chi connectivity index (χ0n) is 7.73. The molecule has 1 heterocycles. The van der Waals surface area contributed by atoms with Crippen LogP contribution in [0.1, 0.15) is 15.9 Å². The molecule has 80 valence electrons. The highest BCUT2D eigenvalue weighted by Crippen LogP contribution is 2.31. The van der Waals surface area contributed by atoms with Crippen LogP contribution < -0.4 is 5.73 Å². The number of carbonyl (C=O) groups is 1. The molecule has 0 atom stereocenters. The predicted molar refractivity (Wildman–Crippen MR) is 53.6 cm³/mol. The van der Waals surface area contributed by atoms with Gasteiger partial charge in [-0.05, 0) is 24.1 Å². The molecular weight excluding hydrogens is 218 g/mol. The highest BCUT2D eigenvalue weighted by atomic mass is 32.2. The van der Waals surface area contributed by atoms with Crippen molar-refractivity contribution in [2.24, 2.45) is 0 Å². The van der Waals surface area contributed by atoms with Crippen molar-refractivity contribution in [2.75, 3.05) is 11.5 Å². The first-order chi connectivity index (χ1) is 6.92. The van der Waals surface area contributed by atoms with Crippen molar-refractivity contribution in [2.45, 2.75) is 11.3 Å². The van der Waals surface area contributed by atoms with Crippen molar-refractivity contribution >= 4 is 21.5 Å². The first-order valence-corrected chi connectivity index (χ1v) is 5.95. The van der Waals surface area contributed by atoms with E-state index in [0.29, 0.717) is 12.0 Å². The monoisotopic (exact) mass is 227 g/mol. The van der Waals surface area contributed by atoms with Gasteiger partial charge in [0.15, 0.2) is 9.84 Å². The summed E-state index contributed by atoms with van der Waals surface area (Å²) in [6.45, 7) is 0. The summed E-state index contributed by atoms with van der Waals surface area (Å²) in [5.74, 6) is -1.16. The first-order valence-electron chi connectivity index (χ1n) is 4.30. The quantitative estimate of drug-likeness (QED) is 0.672. The fraction of sp³-hybridized carbons (Fsp3) is 0.222. The van der Waals surface area contributed by atoms with Crippen LogP contribution in [0.3, 0.4) is 0 Å². The van der Waals surface area contributed by atoms with E-state index in [1.165, 1.54) is 12.1 Å². The van der Waals surface area contributed by atoms with Crippen molar-refractivity contribution in [3.8, 4) is 0 Å². The Morgan fingerprint density at radius 2 is 2.07 bits per heavy atom. The van der Waals surface area contributed by atoms with E-state index in [1.54, 1.807) is 0 Å². The summed E-state index contributed by atoms with van der Waals surface area (Å²) in [7, 11) is -3.33. The number of carboxylic acid groups (broad SMARTS) is 1. The van der Waals surface area contributed by atoms with E-state index in [4.69, 9.17) is 10.8 Å². The molecule has 0 aromatic heterocycles. The molecule has 1 aromatic carbocycles. The lowest BCUT2D eigenvalue weighted by atomic mass is 10.1. The molecular formula is C9H9NO4S. The zero-order chi connectivity index (χ0) is 11.2. The molecule has 3 N–H and O–H groups in total. The summed E-state index contributed by atoms with van der Waals surface area (Å²) in [5.41, 5.74) is 6.30. The van der Waals surface area contributed by atoms with Crippen molar-refractivity contribution in [1.29, 1.82) is 0 Å². The summed E-state index contributed by atoms with van der Waals surface area (Å²) < 4.78 is 23.1. The van der Waals surface area contributed by atoms with Crippen LogP contribution in [-0.4, -0.2) is 25.2 Å². The highest BCUT2D eigenvalue weighted by molar-refractivity contribution is 7.91. The third-order valence-electron chi connectivity index (χ3n) is 2.45. The molecule has 0 bridgehead atoms. The highest BCUT2D eigenvalue weighted by Gasteiger charge is 2.29. The second-order valence-electron chi connectivity index (χ2n) is 3.42. The standard InChI is InChI=1S/C9H9NO4S/c10-7-3-5(9(11)12)4-8-6(7)1-2-15(8,13)14/h3-4H,1-2,10H2,(H,11,12). The van der Waals surface area contributed by atoms with Crippen LogP contribution in [0.25, 0.3) is 0 Å². The van der Waals surface area contributed by atoms with E-state index < -0.39 is 15.8 Å². The van der Waals surface area contributed by atoms with Gasteiger partial charge in [-0.2, -0.15) is 0 Å². The molecule has 0 saturated heterocycles. The number of rotatable bonds is 1. The molecule has 0 amide bonds. The number of fused-ring (bicyclic) bond motifs is 1. The summed E-state index contributed by atoms with van der Waals surface area (Å²) in [6.07, 6.45) is 0.364. The summed E-state index contributed by atoms with van der Waals surface area (Å²) in [4.78, 5) is 10.8. The minimum Gasteiger partial charge on any atom is -0.478 e. The van der Waals surface area contributed by atoms with Crippen molar-refractivity contribution in [3.05, 3.63) is 23.3 Å². The molecule has 1 aromatic rings. The normalized spacial score (nSPS) is 17.3. The van der Waals surface area contributed by atoms with Gasteiger partial charge in [-0.15, -0.1) is 0 Å². The number of aromatic carboxylic acids is 1. The maximum atomic E-state index is 11.5. The Morgan fingerprint density at radius 3 is 2.67 bits per heavy atom. The van der Waals surface area contributed by atoms with Crippen molar-refractivity contribution in [3.63, 3.8) is 0 Å². The molecule has 0 saturated carbocycles. The predicted octanol–water partition coefficient (Wildman–Crippen LogP) is 0.297. The molecule has 5 nitrogen and oxygen atoms in total. The topological polar surface area (TPSA) is 97.5 Å². The Bertz CT molecular complexity index is 547. The van der Waals surface area contributed by atoms with E-state index in [9.17, 15) is 13.2 Å². The molecule has 6 heteroatoms. The van der Waals surface area contributed by atoms with Gasteiger partial charge in [0.25, 0.3) is 0 Å². The molecule has 1 aliphatic rings. The Balaban J connectivity index is 2.75. The number of benzene rings is 1. The van der Waals surface area contributed by atoms with Crippen LogP contribution >= 0.6 is 0 Å². The minimum absolute atomic E-state index is 0.00953. The lowest BCUT2D eigenvalue weighted by Gasteiger charge is -2.04. The maximum Gasteiger partial charge on any atom is 0.335 e. The van der Waals surface area contributed by atoms with E-state index in [1.807, 2.05) is 0 Å². The summed E-state index contributed by atoms with van der Waals surface area (Å²) in [6, 6.07) is 2.47. The van der Waals surface area contributed by atoms with Crippen LogP contribution in [0.5, 0.6) is 0 Å². The van der Waals surface area contributed by atoms with Gasteiger partial charge in [0.05, 0.1) is 16.2 Å². The average Bonchev–Trinajstić information content (AvgIpc) is 2.43. The molecule has 0 aliphatic carbocycles. The third kappa shape index (κ3) is 1.46. The van der Waals surface area contributed by atoms with Crippen LogP contribution in [0.15, 0.2) is 17.0 Å². The maximum absolute atomic E-state index is 11.5. The number of carboxylic acids is 1. The second kappa shape index (κ2) is 2.96. The lowest BCUT2D eigenvalue weighted by Crippen LogP contribution is -2.04. The molecule has 0 unspecified atom stereocenters.